The zero-order chi connectivity index (χ0) is 22.6. The first-order chi connectivity index (χ1) is 15.3. The number of primary amides is 1. The van der Waals surface area contributed by atoms with Crippen molar-refractivity contribution in [1.29, 1.82) is 0 Å². The third-order valence-corrected chi connectivity index (χ3v) is 6.13. The minimum atomic E-state index is -2.73. The normalized spacial score (nSPS) is 21.1. The molecule has 32 heavy (non-hydrogen) atoms. The Hall–Kier alpha value is -3.37. The molecule has 1 aromatic carbocycles. The molecule has 11 heteroatoms. The van der Waals surface area contributed by atoms with Gasteiger partial charge in [-0.25, -0.2) is 23.5 Å². The van der Waals surface area contributed by atoms with E-state index in [0.717, 1.165) is 34.7 Å². The summed E-state index contributed by atoms with van der Waals surface area (Å²) in [5.74, 6) is 0.300. The van der Waals surface area contributed by atoms with E-state index in [-0.39, 0.29) is 12.4 Å². The number of anilines is 3. The Morgan fingerprint density at radius 2 is 2.09 bits per heavy atom. The summed E-state index contributed by atoms with van der Waals surface area (Å²) in [6.07, 6.45) is 0.277. The maximum absolute atomic E-state index is 13.4. The van der Waals surface area contributed by atoms with Crippen LogP contribution >= 0.6 is 0 Å². The molecular weight excluding hydrogens is 422 g/mol. The van der Waals surface area contributed by atoms with E-state index in [4.69, 9.17) is 10.5 Å². The minimum absolute atomic E-state index is 0.156. The highest BCUT2D eigenvalue weighted by Gasteiger charge is 2.42. The summed E-state index contributed by atoms with van der Waals surface area (Å²) in [7, 11) is 0. The molecule has 0 radical (unpaired) electrons. The highest BCUT2D eigenvalue weighted by molar-refractivity contribution is 5.90. The molecule has 2 amide bonds. The van der Waals surface area contributed by atoms with E-state index < -0.39 is 30.5 Å². The molecular formula is C21H24F2N6O3. The standard InChI is InChI=1S/C21H24F2N6O3/c1-11(19(24)30)25-12-2-5-14-15(8-12)28(13-3-4-13)7-6-27-9-17(26-20(14)27)29-16(18(22)23)10-32-21(29)31/h2,5,8-9,11,13,16,18,25H,3-4,6-7,10H2,1H3,(H2,24,30)/t11-,16?/m0/s1. The number of alkyl halides is 2. The first kappa shape index (κ1) is 20.5. The second-order valence-corrected chi connectivity index (χ2v) is 8.39. The van der Waals surface area contributed by atoms with E-state index in [9.17, 15) is 18.4 Å². The highest BCUT2D eigenvalue weighted by Crippen LogP contribution is 2.42. The molecule has 170 valence electrons. The van der Waals surface area contributed by atoms with Crippen LogP contribution in [0, 0.1) is 0 Å². The number of nitrogens with zero attached hydrogens (tertiary/aromatic N) is 4. The summed E-state index contributed by atoms with van der Waals surface area (Å²) >= 11 is 0. The molecule has 3 N–H and O–H groups in total. The van der Waals surface area contributed by atoms with Gasteiger partial charge in [0.1, 0.15) is 24.5 Å². The number of amides is 2. The van der Waals surface area contributed by atoms with E-state index in [1.807, 2.05) is 22.8 Å². The van der Waals surface area contributed by atoms with Gasteiger partial charge in [0.2, 0.25) is 5.91 Å². The molecule has 1 aromatic heterocycles. The smallest absolute Gasteiger partial charge is 0.416 e. The highest BCUT2D eigenvalue weighted by atomic mass is 19.3. The van der Waals surface area contributed by atoms with Crippen LogP contribution < -0.4 is 20.9 Å². The second kappa shape index (κ2) is 7.64. The molecule has 1 saturated carbocycles. The topological polar surface area (TPSA) is 106 Å². The summed E-state index contributed by atoms with van der Waals surface area (Å²) in [6, 6.07) is 4.23. The number of halogens is 2. The molecule has 3 aliphatic rings. The first-order valence-corrected chi connectivity index (χ1v) is 10.6. The largest absolute Gasteiger partial charge is 0.447 e. The van der Waals surface area contributed by atoms with Crippen molar-refractivity contribution in [1.82, 2.24) is 9.55 Å². The molecule has 2 atom stereocenters. The molecule has 1 saturated heterocycles. The van der Waals surface area contributed by atoms with E-state index in [1.165, 1.54) is 0 Å². The maximum atomic E-state index is 13.4. The van der Waals surface area contributed by atoms with Crippen LogP contribution in [0.25, 0.3) is 11.4 Å². The third-order valence-electron chi connectivity index (χ3n) is 6.13. The fraction of sp³-hybridized carbons (Fsp3) is 0.476. The summed E-state index contributed by atoms with van der Waals surface area (Å²) in [5.41, 5.74) is 7.91. The number of fused-ring (bicyclic) bond motifs is 3. The number of ether oxygens (including phenoxy) is 1. The fourth-order valence-corrected chi connectivity index (χ4v) is 4.26. The minimum Gasteiger partial charge on any atom is -0.447 e. The van der Waals surface area contributed by atoms with Crippen LogP contribution in [0.3, 0.4) is 0 Å². The zero-order valence-corrected chi connectivity index (χ0v) is 17.5. The molecule has 9 nitrogen and oxygen atoms in total. The lowest BCUT2D eigenvalue weighted by Crippen LogP contribution is -2.39. The van der Waals surface area contributed by atoms with Crippen molar-refractivity contribution in [3.63, 3.8) is 0 Å². The molecule has 1 aliphatic carbocycles. The number of hydrogen-bond acceptors (Lipinski definition) is 6. The molecule has 3 heterocycles. The van der Waals surface area contributed by atoms with Gasteiger partial charge in [0, 0.05) is 36.6 Å². The van der Waals surface area contributed by atoms with E-state index in [2.05, 4.69) is 15.2 Å². The molecule has 0 bridgehead atoms. The van der Waals surface area contributed by atoms with Gasteiger partial charge in [-0.15, -0.1) is 0 Å². The lowest BCUT2D eigenvalue weighted by Gasteiger charge is -2.25. The molecule has 2 aliphatic heterocycles. The van der Waals surface area contributed by atoms with E-state index >= 15 is 0 Å². The predicted octanol–water partition coefficient (Wildman–Crippen LogP) is 2.41. The van der Waals surface area contributed by atoms with Crippen LogP contribution in [-0.2, 0) is 16.1 Å². The maximum Gasteiger partial charge on any atom is 0.416 e. The van der Waals surface area contributed by atoms with Crippen molar-refractivity contribution in [3.05, 3.63) is 24.4 Å². The lowest BCUT2D eigenvalue weighted by molar-refractivity contribution is -0.118. The zero-order valence-electron chi connectivity index (χ0n) is 17.5. The Labute approximate surface area is 183 Å². The molecule has 2 fully saturated rings. The van der Waals surface area contributed by atoms with Gasteiger partial charge in [-0.1, -0.05) is 0 Å². The fourth-order valence-electron chi connectivity index (χ4n) is 4.26. The number of carbonyl (C=O) groups is 2. The van der Waals surface area contributed by atoms with Gasteiger partial charge in [0.05, 0.1) is 5.69 Å². The predicted molar refractivity (Wildman–Crippen MR) is 114 cm³/mol. The number of cyclic esters (lactones) is 1. The SMILES string of the molecule is C[C@H](Nc1ccc2c(c1)N(C1CC1)CCn1cc(N3C(=O)OCC3C(F)F)nc1-2)C(N)=O. The first-order valence-electron chi connectivity index (χ1n) is 10.6. The van der Waals surface area contributed by atoms with Gasteiger partial charge in [-0.05, 0) is 38.0 Å². The monoisotopic (exact) mass is 446 g/mol. The van der Waals surface area contributed by atoms with E-state index in [0.29, 0.717) is 25.0 Å². The number of imidazole rings is 1. The number of rotatable bonds is 6. The van der Waals surface area contributed by atoms with Crippen LogP contribution in [0.1, 0.15) is 19.8 Å². The average Bonchev–Trinajstić information content (AvgIpc) is 3.41. The number of nitrogens with one attached hydrogen (secondary N) is 1. The Kier molecular flexibility index (Phi) is 4.90. The quantitative estimate of drug-likeness (QED) is 0.706. The van der Waals surface area contributed by atoms with Crippen LogP contribution in [-0.4, -0.2) is 59.3 Å². The Balaban J connectivity index is 1.55. The van der Waals surface area contributed by atoms with E-state index in [1.54, 1.807) is 13.1 Å². The molecule has 0 spiro atoms. The summed E-state index contributed by atoms with van der Waals surface area (Å²) in [6.45, 7) is 2.63. The van der Waals surface area contributed by atoms with Crippen molar-refractivity contribution in [3.8, 4) is 11.4 Å². The molecule has 2 aromatic rings. The number of carbonyl (C=O) groups excluding carboxylic acids is 2. The Morgan fingerprint density at radius 3 is 2.78 bits per heavy atom. The summed E-state index contributed by atoms with van der Waals surface area (Å²) in [5, 5.41) is 3.11. The van der Waals surface area contributed by atoms with Gasteiger partial charge in [-0.2, -0.15) is 0 Å². The second-order valence-electron chi connectivity index (χ2n) is 8.39. The van der Waals surface area contributed by atoms with Crippen molar-refractivity contribution in [2.45, 2.75) is 50.9 Å². The molecule has 1 unspecified atom stereocenters. The van der Waals surface area contributed by atoms with Crippen molar-refractivity contribution in [2.24, 2.45) is 5.73 Å². The number of hydrogen-bond donors (Lipinski definition) is 2. The lowest BCUT2D eigenvalue weighted by atomic mass is 10.1. The van der Waals surface area contributed by atoms with Gasteiger partial charge in [0.15, 0.2) is 5.82 Å². The van der Waals surface area contributed by atoms with Crippen molar-refractivity contribution < 1.29 is 23.1 Å². The summed E-state index contributed by atoms with van der Waals surface area (Å²) < 4.78 is 33.6. The van der Waals surface area contributed by atoms with Gasteiger partial charge in [-0.3, -0.25) is 4.79 Å². The third kappa shape index (κ3) is 3.51. The molecule has 5 rings (SSSR count). The van der Waals surface area contributed by atoms with Gasteiger partial charge < -0.3 is 25.3 Å². The Morgan fingerprint density at radius 1 is 1.31 bits per heavy atom. The summed E-state index contributed by atoms with van der Waals surface area (Å²) in [4.78, 5) is 31.4. The van der Waals surface area contributed by atoms with Crippen LogP contribution in [0.2, 0.25) is 0 Å². The number of benzene rings is 1. The van der Waals surface area contributed by atoms with Gasteiger partial charge >= 0.3 is 6.09 Å². The average molecular weight is 446 g/mol. The number of nitrogens with two attached hydrogens (primary N) is 1. The Bertz CT molecular complexity index is 1070. The number of aromatic nitrogens is 2. The van der Waals surface area contributed by atoms with Crippen LogP contribution in [0.15, 0.2) is 24.4 Å². The van der Waals surface area contributed by atoms with Crippen molar-refractivity contribution in [2.75, 3.05) is 28.3 Å². The van der Waals surface area contributed by atoms with Gasteiger partial charge in [0.25, 0.3) is 6.43 Å². The van der Waals surface area contributed by atoms with Crippen LogP contribution in [0.4, 0.5) is 30.8 Å². The van der Waals surface area contributed by atoms with Crippen molar-refractivity contribution >= 4 is 29.2 Å². The van der Waals surface area contributed by atoms with Crippen LogP contribution in [0.5, 0.6) is 0 Å².